The molecule has 0 aliphatic rings. The minimum atomic E-state index is 0.0643. The number of benzene rings is 2. The molecule has 0 saturated carbocycles. The summed E-state index contributed by atoms with van der Waals surface area (Å²) in [6.45, 7) is 8.69. The molecule has 2 rings (SSSR count). The van der Waals surface area contributed by atoms with E-state index in [2.05, 4.69) is 39.8 Å². The molecule has 2 heteroatoms. The van der Waals surface area contributed by atoms with E-state index >= 15 is 0 Å². The Kier molecular flexibility index (Phi) is 4.69. The van der Waals surface area contributed by atoms with Crippen molar-refractivity contribution in [3.8, 4) is 11.5 Å². The Bertz CT molecular complexity index is 599. The molecule has 0 heterocycles. The first-order chi connectivity index (χ1) is 9.90. The lowest BCUT2D eigenvalue weighted by molar-refractivity contribution is 0.477. The molecule has 0 bridgehead atoms. The fraction of sp³-hybridized carbons (Fsp3) is 0.368. The molecule has 2 N–H and O–H groups in total. The SMILES string of the molecule is CCC(N)c1cccc(Oc2cccc(C(C)(C)C)c2)c1. The Labute approximate surface area is 127 Å². The van der Waals surface area contributed by atoms with Crippen LogP contribution < -0.4 is 10.5 Å². The van der Waals surface area contributed by atoms with E-state index in [1.165, 1.54) is 5.56 Å². The number of nitrogens with two attached hydrogens (primary N) is 1. The van der Waals surface area contributed by atoms with Crippen molar-refractivity contribution in [2.24, 2.45) is 5.73 Å². The van der Waals surface area contributed by atoms with E-state index in [4.69, 9.17) is 10.5 Å². The number of ether oxygens (including phenoxy) is 1. The van der Waals surface area contributed by atoms with Crippen LogP contribution in [0.25, 0.3) is 0 Å². The predicted molar refractivity (Wildman–Crippen MR) is 88.9 cm³/mol. The zero-order chi connectivity index (χ0) is 15.5. The maximum Gasteiger partial charge on any atom is 0.127 e. The maximum atomic E-state index is 6.08. The van der Waals surface area contributed by atoms with Gasteiger partial charge < -0.3 is 10.5 Å². The van der Waals surface area contributed by atoms with Crippen LogP contribution >= 0.6 is 0 Å². The van der Waals surface area contributed by atoms with Crippen molar-refractivity contribution < 1.29 is 4.74 Å². The Morgan fingerprint density at radius 1 is 1.00 bits per heavy atom. The molecular formula is C19H25NO. The highest BCUT2D eigenvalue weighted by Gasteiger charge is 2.14. The van der Waals surface area contributed by atoms with Crippen LogP contribution in [0.1, 0.15) is 51.3 Å². The van der Waals surface area contributed by atoms with Gasteiger partial charge in [0, 0.05) is 6.04 Å². The van der Waals surface area contributed by atoms with Gasteiger partial charge in [-0.3, -0.25) is 0 Å². The highest BCUT2D eigenvalue weighted by Crippen LogP contribution is 2.29. The number of hydrogen-bond donors (Lipinski definition) is 1. The van der Waals surface area contributed by atoms with Crippen LogP contribution in [-0.4, -0.2) is 0 Å². The third-order valence-corrected chi connectivity index (χ3v) is 3.66. The quantitative estimate of drug-likeness (QED) is 0.838. The Hall–Kier alpha value is -1.80. The third kappa shape index (κ3) is 4.08. The van der Waals surface area contributed by atoms with Crippen LogP contribution in [0, 0.1) is 0 Å². The summed E-state index contributed by atoms with van der Waals surface area (Å²) in [6, 6.07) is 16.4. The zero-order valence-corrected chi connectivity index (χ0v) is 13.4. The summed E-state index contributed by atoms with van der Waals surface area (Å²) in [5.41, 5.74) is 8.58. The van der Waals surface area contributed by atoms with Gasteiger partial charge in [-0.15, -0.1) is 0 Å². The van der Waals surface area contributed by atoms with E-state index in [1.807, 2.05) is 36.4 Å². The minimum absolute atomic E-state index is 0.0643. The first kappa shape index (κ1) is 15.6. The molecule has 0 aliphatic carbocycles. The Morgan fingerprint density at radius 2 is 1.62 bits per heavy atom. The van der Waals surface area contributed by atoms with Gasteiger partial charge in [0.1, 0.15) is 11.5 Å². The first-order valence-electron chi connectivity index (χ1n) is 7.54. The summed E-state index contributed by atoms with van der Waals surface area (Å²) < 4.78 is 5.99. The molecule has 0 fully saturated rings. The summed E-state index contributed by atoms with van der Waals surface area (Å²) in [7, 11) is 0. The van der Waals surface area contributed by atoms with Gasteiger partial charge in [-0.2, -0.15) is 0 Å². The summed E-state index contributed by atoms with van der Waals surface area (Å²) >= 11 is 0. The van der Waals surface area contributed by atoms with Gasteiger partial charge >= 0.3 is 0 Å². The van der Waals surface area contributed by atoms with Gasteiger partial charge in [-0.05, 0) is 47.2 Å². The normalized spacial score (nSPS) is 13.0. The van der Waals surface area contributed by atoms with E-state index in [0.29, 0.717) is 0 Å². The van der Waals surface area contributed by atoms with Crippen molar-refractivity contribution in [3.63, 3.8) is 0 Å². The molecule has 0 spiro atoms. The van der Waals surface area contributed by atoms with Crippen molar-refractivity contribution in [1.82, 2.24) is 0 Å². The van der Waals surface area contributed by atoms with Crippen molar-refractivity contribution >= 4 is 0 Å². The molecule has 2 aromatic rings. The van der Waals surface area contributed by atoms with Gasteiger partial charge in [0.25, 0.3) is 0 Å². The van der Waals surface area contributed by atoms with Crippen molar-refractivity contribution in [1.29, 1.82) is 0 Å². The zero-order valence-electron chi connectivity index (χ0n) is 13.4. The van der Waals surface area contributed by atoms with Crippen LogP contribution in [0.4, 0.5) is 0 Å². The van der Waals surface area contributed by atoms with Crippen LogP contribution in [0.5, 0.6) is 11.5 Å². The van der Waals surface area contributed by atoms with Gasteiger partial charge in [-0.25, -0.2) is 0 Å². The molecule has 0 saturated heterocycles. The average molecular weight is 283 g/mol. The Morgan fingerprint density at radius 3 is 2.24 bits per heavy atom. The predicted octanol–water partition coefficient (Wildman–Crippen LogP) is 5.19. The van der Waals surface area contributed by atoms with Crippen molar-refractivity contribution in [2.75, 3.05) is 0 Å². The molecular weight excluding hydrogens is 258 g/mol. The van der Waals surface area contributed by atoms with Gasteiger partial charge in [-0.1, -0.05) is 52.0 Å². The maximum absolute atomic E-state index is 6.08. The van der Waals surface area contributed by atoms with Crippen molar-refractivity contribution in [2.45, 2.75) is 45.6 Å². The molecule has 112 valence electrons. The average Bonchev–Trinajstić information content (AvgIpc) is 2.46. The molecule has 1 unspecified atom stereocenters. The monoisotopic (exact) mass is 283 g/mol. The molecule has 2 nitrogen and oxygen atoms in total. The Balaban J connectivity index is 2.22. The van der Waals surface area contributed by atoms with E-state index < -0.39 is 0 Å². The molecule has 0 aromatic heterocycles. The van der Waals surface area contributed by atoms with E-state index in [1.54, 1.807) is 0 Å². The number of hydrogen-bond acceptors (Lipinski definition) is 2. The molecule has 0 amide bonds. The van der Waals surface area contributed by atoms with E-state index in [0.717, 1.165) is 23.5 Å². The summed E-state index contributed by atoms with van der Waals surface area (Å²) in [6.07, 6.45) is 0.920. The molecule has 0 radical (unpaired) electrons. The van der Waals surface area contributed by atoms with E-state index in [9.17, 15) is 0 Å². The number of rotatable bonds is 4. The first-order valence-corrected chi connectivity index (χ1v) is 7.54. The second-order valence-corrected chi connectivity index (χ2v) is 6.47. The van der Waals surface area contributed by atoms with E-state index in [-0.39, 0.29) is 11.5 Å². The highest BCUT2D eigenvalue weighted by atomic mass is 16.5. The molecule has 0 aliphatic heterocycles. The largest absolute Gasteiger partial charge is 0.457 e. The standard InChI is InChI=1S/C19H25NO/c1-5-18(20)14-8-6-10-16(12-14)21-17-11-7-9-15(13-17)19(2,3)4/h6-13,18H,5,20H2,1-4H3. The highest BCUT2D eigenvalue weighted by molar-refractivity contribution is 5.38. The fourth-order valence-corrected chi connectivity index (χ4v) is 2.21. The van der Waals surface area contributed by atoms with Crippen LogP contribution in [0.3, 0.4) is 0 Å². The smallest absolute Gasteiger partial charge is 0.127 e. The lowest BCUT2D eigenvalue weighted by Gasteiger charge is -2.20. The lowest BCUT2D eigenvalue weighted by atomic mass is 9.87. The minimum Gasteiger partial charge on any atom is -0.457 e. The molecule has 21 heavy (non-hydrogen) atoms. The van der Waals surface area contributed by atoms with Crippen LogP contribution in [0.15, 0.2) is 48.5 Å². The summed E-state index contributed by atoms with van der Waals surface area (Å²) in [5.74, 6) is 1.70. The summed E-state index contributed by atoms with van der Waals surface area (Å²) in [4.78, 5) is 0. The fourth-order valence-electron chi connectivity index (χ4n) is 2.21. The van der Waals surface area contributed by atoms with Crippen LogP contribution in [0.2, 0.25) is 0 Å². The van der Waals surface area contributed by atoms with Crippen molar-refractivity contribution in [3.05, 3.63) is 59.7 Å². The topological polar surface area (TPSA) is 35.2 Å². The van der Waals surface area contributed by atoms with Gasteiger partial charge in [0.05, 0.1) is 0 Å². The van der Waals surface area contributed by atoms with Crippen LogP contribution in [-0.2, 0) is 5.41 Å². The molecule has 2 aromatic carbocycles. The molecule has 1 atom stereocenters. The lowest BCUT2D eigenvalue weighted by Crippen LogP contribution is -2.10. The second kappa shape index (κ2) is 6.31. The third-order valence-electron chi connectivity index (χ3n) is 3.66. The van der Waals surface area contributed by atoms with Gasteiger partial charge in [0.15, 0.2) is 0 Å². The van der Waals surface area contributed by atoms with Gasteiger partial charge in [0.2, 0.25) is 0 Å². The summed E-state index contributed by atoms with van der Waals surface area (Å²) in [5, 5.41) is 0. The second-order valence-electron chi connectivity index (χ2n) is 6.47.